The minimum absolute atomic E-state index is 0.413. The Labute approximate surface area is 75.7 Å². The maximum Gasteiger partial charge on any atom is 0.319 e. The molecule has 5 nitrogen and oxygen atoms in total. The van der Waals surface area contributed by atoms with Crippen molar-refractivity contribution in [2.24, 2.45) is 5.92 Å². The number of nitrogens with one attached hydrogen (secondary N) is 1. The van der Waals surface area contributed by atoms with Crippen LogP contribution in [0.3, 0.4) is 0 Å². The molecule has 0 aromatic carbocycles. The van der Waals surface area contributed by atoms with E-state index < -0.39 is 23.9 Å². The molecule has 0 radical (unpaired) electrons. The molecule has 0 aliphatic carbocycles. The summed E-state index contributed by atoms with van der Waals surface area (Å²) < 4.78 is 0. The van der Waals surface area contributed by atoms with Gasteiger partial charge in [-0.05, 0) is 19.4 Å². The molecule has 74 valence electrons. The van der Waals surface area contributed by atoms with Gasteiger partial charge in [0.25, 0.3) is 0 Å². The predicted molar refractivity (Wildman–Crippen MR) is 44.4 cm³/mol. The molecule has 13 heavy (non-hydrogen) atoms. The molecule has 1 heterocycles. The molecule has 1 saturated heterocycles. The van der Waals surface area contributed by atoms with Gasteiger partial charge >= 0.3 is 11.9 Å². The lowest BCUT2D eigenvalue weighted by atomic mass is 9.92. The van der Waals surface area contributed by atoms with Crippen LogP contribution in [0, 0.1) is 5.92 Å². The Balaban J connectivity index is 2.62. The molecule has 1 fully saturated rings. The average molecular weight is 187 g/mol. The average Bonchev–Trinajstić information content (AvgIpc) is 2.04. The van der Waals surface area contributed by atoms with Gasteiger partial charge in [-0.15, -0.1) is 0 Å². The van der Waals surface area contributed by atoms with Crippen molar-refractivity contribution in [2.45, 2.75) is 25.3 Å². The van der Waals surface area contributed by atoms with Crippen molar-refractivity contribution in [3.05, 3.63) is 0 Å². The highest BCUT2D eigenvalue weighted by molar-refractivity contribution is 5.93. The molecule has 0 aromatic heterocycles. The first kappa shape index (κ1) is 9.98. The largest absolute Gasteiger partial charge is 0.481 e. The van der Waals surface area contributed by atoms with Gasteiger partial charge in [0.1, 0.15) is 0 Å². The molecular weight excluding hydrogens is 174 g/mol. The maximum absolute atomic E-state index is 10.6. The highest BCUT2D eigenvalue weighted by atomic mass is 16.4. The summed E-state index contributed by atoms with van der Waals surface area (Å²) >= 11 is 0. The molecule has 3 N–H and O–H groups in total. The predicted octanol–water partition coefficient (Wildman–Crippen LogP) is -0.0861. The SMILES string of the molecule is O=C(O)C(C(=O)O)C1CCCCN1. The minimum Gasteiger partial charge on any atom is -0.481 e. The number of rotatable bonds is 3. The second-order valence-electron chi connectivity index (χ2n) is 3.21. The van der Waals surface area contributed by atoms with Gasteiger partial charge in [-0.2, -0.15) is 0 Å². The Morgan fingerprint density at radius 2 is 1.85 bits per heavy atom. The highest BCUT2D eigenvalue weighted by Gasteiger charge is 2.35. The van der Waals surface area contributed by atoms with Gasteiger partial charge in [-0.3, -0.25) is 9.59 Å². The van der Waals surface area contributed by atoms with Crippen LogP contribution in [0.5, 0.6) is 0 Å². The van der Waals surface area contributed by atoms with Crippen molar-refractivity contribution >= 4 is 11.9 Å². The van der Waals surface area contributed by atoms with Gasteiger partial charge in [0.2, 0.25) is 0 Å². The fourth-order valence-electron chi connectivity index (χ4n) is 1.61. The number of aliphatic carboxylic acids is 2. The summed E-state index contributed by atoms with van der Waals surface area (Å²) in [6.07, 6.45) is 2.51. The van der Waals surface area contributed by atoms with Crippen molar-refractivity contribution in [3.63, 3.8) is 0 Å². The van der Waals surface area contributed by atoms with E-state index in [1.807, 2.05) is 0 Å². The Hall–Kier alpha value is -1.10. The maximum atomic E-state index is 10.6. The van der Waals surface area contributed by atoms with Crippen molar-refractivity contribution in [2.75, 3.05) is 6.54 Å². The van der Waals surface area contributed by atoms with Gasteiger partial charge in [0, 0.05) is 6.04 Å². The third-order valence-corrected chi connectivity index (χ3v) is 2.28. The van der Waals surface area contributed by atoms with Gasteiger partial charge in [0.15, 0.2) is 5.92 Å². The summed E-state index contributed by atoms with van der Waals surface area (Å²) in [6, 6.07) is -0.413. The lowest BCUT2D eigenvalue weighted by molar-refractivity contribution is -0.156. The van der Waals surface area contributed by atoms with E-state index in [4.69, 9.17) is 10.2 Å². The number of hydrogen-bond donors (Lipinski definition) is 3. The van der Waals surface area contributed by atoms with Gasteiger partial charge < -0.3 is 15.5 Å². The molecule has 1 aliphatic rings. The standard InChI is InChI=1S/C8H13NO4/c10-7(11)6(8(12)13)5-3-1-2-4-9-5/h5-6,9H,1-4H2,(H,10,11)(H,12,13). The van der Waals surface area contributed by atoms with E-state index in [1.165, 1.54) is 0 Å². The fourth-order valence-corrected chi connectivity index (χ4v) is 1.61. The second-order valence-corrected chi connectivity index (χ2v) is 3.21. The van der Waals surface area contributed by atoms with Crippen LogP contribution in [0.15, 0.2) is 0 Å². The first-order valence-electron chi connectivity index (χ1n) is 4.32. The summed E-state index contributed by atoms with van der Waals surface area (Å²) in [4.78, 5) is 21.2. The summed E-state index contributed by atoms with van der Waals surface area (Å²) in [5.41, 5.74) is 0. The normalized spacial score (nSPS) is 23.0. The monoisotopic (exact) mass is 187 g/mol. The van der Waals surface area contributed by atoms with E-state index in [9.17, 15) is 9.59 Å². The van der Waals surface area contributed by atoms with Crippen LogP contribution in [0.4, 0.5) is 0 Å². The van der Waals surface area contributed by atoms with Crippen LogP contribution in [0.25, 0.3) is 0 Å². The Kier molecular flexibility index (Phi) is 3.25. The third kappa shape index (κ3) is 2.42. The second kappa shape index (κ2) is 4.23. The first-order valence-corrected chi connectivity index (χ1v) is 4.32. The topological polar surface area (TPSA) is 86.6 Å². The molecule has 0 amide bonds. The summed E-state index contributed by atoms with van der Waals surface area (Å²) in [7, 11) is 0. The van der Waals surface area contributed by atoms with Crippen LogP contribution in [0.1, 0.15) is 19.3 Å². The molecule has 0 bridgehead atoms. The van der Waals surface area contributed by atoms with Gasteiger partial charge in [-0.1, -0.05) is 6.42 Å². The van der Waals surface area contributed by atoms with Crippen molar-refractivity contribution in [3.8, 4) is 0 Å². The quantitative estimate of drug-likeness (QED) is 0.538. The van der Waals surface area contributed by atoms with Gasteiger partial charge in [-0.25, -0.2) is 0 Å². The van der Waals surface area contributed by atoms with E-state index in [0.29, 0.717) is 13.0 Å². The zero-order valence-corrected chi connectivity index (χ0v) is 7.19. The number of hydrogen-bond acceptors (Lipinski definition) is 3. The zero-order chi connectivity index (χ0) is 9.84. The van der Waals surface area contributed by atoms with Crippen molar-refractivity contribution in [1.82, 2.24) is 5.32 Å². The van der Waals surface area contributed by atoms with Crippen LogP contribution in [-0.4, -0.2) is 34.7 Å². The minimum atomic E-state index is -1.31. The molecule has 1 unspecified atom stereocenters. The summed E-state index contributed by atoms with van der Waals surface area (Å²) in [6.45, 7) is 0.710. The Morgan fingerprint density at radius 3 is 2.23 bits per heavy atom. The van der Waals surface area contributed by atoms with E-state index in [-0.39, 0.29) is 0 Å². The summed E-state index contributed by atoms with van der Waals surface area (Å²) in [5, 5.41) is 20.3. The smallest absolute Gasteiger partial charge is 0.319 e. The fraction of sp³-hybridized carbons (Fsp3) is 0.750. The lowest BCUT2D eigenvalue weighted by Gasteiger charge is -2.26. The first-order chi connectivity index (χ1) is 6.13. The molecule has 1 rings (SSSR count). The molecule has 1 atom stereocenters. The highest BCUT2D eigenvalue weighted by Crippen LogP contribution is 2.15. The van der Waals surface area contributed by atoms with E-state index in [2.05, 4.69) is 5.32 Å². The van der Waals surface area contributed by atoms with E-state index in [0.717, 1.165) is 12.8 Å². The van der Waals surface area contributed by atoms with Crippen LogP contribution < -0.4 is 5.32 Å². The molecule has 0 saturated carbocycles. The number of carboxylic acids is 2. The lowest BCUT2D eigenvalue weighted by Crippen LogP contribution is -2.46. The third-order valence-electron chi connectivity index (χ3n) is 2.28. The van der Waals surface area contributed by atoms with Crippen LogP contribution in [-0.2, 0) is 9.59 Å². The number of piperidine rings is 1. The molecular formula is C8H13NO4. The van der Waals surface area contributed by atoms with Crippen LogP contribution in [0.2, 0.25) is 0 Å². The van der Waals surface area contributed by atoms with E-state index in [1.54, 1.807) is 0 Å². The van der Waals surface area contributed by atoms with Gasteiger partial charge in [0.05, 0.1) is 0 Å². The van der Waals surface area contributed by atoms with E-state index >= 15 is 0 Å². The zero-order valence-electron chi connectivity index (χ0n) is 7.19. The summed E-state index contributed by atoms with van der Waals surface area (Å²) in [5.74, 6) is -3.82. The Morgan fingerprint density at radius 1 is 1.23 bits per heavy atom. The van der Waals surface area contributed by atoms with Crippen molar-refractivity contribution < 1.29 is 19.8 Å². The molecule has 0 aromatic rings. The Bertz CT molecular complexity index is 196. The molecule has 1 aliphatic heterocycles. The number of carboxylic acid groups (broad SMARTS) is 2. The number of carbonyl (C=O) groups is 2. The van der Waals surface area contributed by atoms with Crippen LogP contribution >= 0.6 is 0 Å². The molecule has 0 spiro atoms. The molecule has 5 heteroatoms. The van der Waals surface area contributed by atoms with Crippen molar-refractivity contribution in [1.29, 1.82) is 0 Å².